The van der Waals surface area contributed by atoms with Crippen molar-refractivity contribution in [3.05, 3.63) is 62.2 Å². The molecular formula is C16H17N3OS2. The fraction of sp³-hybridized carbons (Fsp3) is 0.250. The van der Waals surface area contributed by atoms with E-state index in [2.05, 4.69) is 33.3 Å². The molecule has 6 heteroatoms. The lowest BCUT2D eigenvalue weighted by Crippen LogP contribution is -2.31. The van der Waals surface area contributed by atoms with Crippen molar-refractivity contribution in [3.63, 3.8) is 0 Å². The van der Waals surface area contributed by atoms with Gasteiger partial charge in [0.05, 0.1) is 11.7 Å². The Morgan fingerprint density at radius 2 is 2.05 bits per heavy atom. The van der Waals surface area contributed by atoms with Crippen LogP contribution in [0.1, 0.15) is 33.4 Å². The standard InChI is InChI=1S/C16H17N3OS2/c1-11-7-12(2)19(18-11)15(13-3-5-21-9-13)8-17-16(20)14-4-6-22-10-14/h3-7,9-10,15H,8H2,1-2H3,(H,17,20)/t15-/m1/s1. The average Bonchev–Trinajstić information content (AvgIpc) is 3.22. The second-order valence-corrected chi connectivity index (χ2v) is 6.73. The highest BCUT2D eigenvalue weighted by Crippen LogP contribution is 2.22. The fourth-order valence-corrected chi connectivity index (χ4v) is 3.80. The molecular weight excluding hydrogens is 314 g/mol. The zero-order valence-corrected chi connectivity index (χ0v) is 14.1. The molecule has 0 unspecified atom stereocenters. The highest BCUT2D eigenvalue weighted by Gasteiger charge is 2.19. The number of carbonyl (C=O) groups is 1. The predicted octanol–water partition coefficient (Wildman–Crippen LogP) is 3.64. The van der Waals surface area contributed by atoms with Crippen molar-refractivity contribution < 1.29 is 4.79 Å². The van der Waals surface area contributed by atoms with Crippen LogP contribution in [0.25, 0.3) is 0 Å². The highest BCUT2D eigenvalue weighted by molar-refractivity contribution is 7.08. The summed E-state index contributed by atoms with van der Waals surface area (Å²) in [5.74, 6) is -0.0389. The third kappa shape index (κ3) is 3.13. The Kier molecular flexibility index (Phi) is 4.40. The topological polar surface area (TPSA) is 46.9 Å². The first-order valence-corrected chi connectivity index (χ1v) is 8.89. The van der Waals surface area contributed by atoms with Crippen molar-refractivity contribution in [2.24, 2.45) is 0 Å². The Morgan fingerprint density at radius 3 is 2.64 bits per heavy atom. The molecule has 4 nitrogen and oxygen atoms in total. The molecule has 0 saturated carbocycles. The molecule has 3 aromatic heterocycles. The van der Waals surface area contributed by atoms with E-state index in [-0.39, 0.29) is 11.9 Å². The summed E-state index contributed by atoms with van der Waals surface area (Å²) in [6.45, 7) is 4.55. The van der Waals surface area contributed by atoms with E-state index in [1.54, 1.807) is 11.3 Å². The lowest BCUT2D eigenvalue weighted by Gasteiger charge is -2.19. The van der Waals surface area contributed by atoms with E-state index in [9.17, 15) is 4.79 Å². The lowest BCUT2D eigenvalue weighted by atomic mass is 10.1. The minimum atomic E-state index is -0.0389. The maximum Gasteiger partial charge on any atom is 0.252 e. The van der Waals surface area contributed by atoms with E-state index >= 15 is 0 Å². The van der Waals surface area contributed by atoms with Crippen LogP contribution in [0.5, 0.6) is 0 Å². The summed E-state index contributed by atoms with van der Waals surface area (Å²) in [4.78, 5) is 12.2. The molecule has 22 heavy (non-hydrogen) atoms. The second kappa shape index (κ2) is 6.46. The monoisotopic (exact) mass is 331 g/mol. The summed E-state index contributed by atoms with van der Waals surface area (Å²) in [6.07, 6.45) is 0. The van der Waals surface area contributed by atoms with E-state index in [1.807, 2.05) is 35.4 Å². The Labute approximate surface area is 137 Å². The quantitative estimate of drug-likeness (QED) is 0.776. The second-order valence-electron chi connectivity index (χ2n) is 5.17. The summed E-state index contributed by atoms with van der Waals surface area (Å²) < 4.78 is 1.99. The van der Waals surface area contributed by atoms with Gasteiger partial charge in [0.15, 0.2) is 0 Å². The molecule has 0 aromatic carbocycles. The molecule has 3 aromatic rings. The number of carbonyl (C=O) groups excluding carboxylic acids is 1. The molecule has 1 atom stereocenters. The van der Waals surface area contributed by atoms with Gasteiger partial charge in [-0.05, 0) is 53.8 Å². The summed E-state index contributed by atoms with van der Waals surface area (Å²) in [5, 5.41) is 15.5. The molecule has 114 valence electrons. The van der Waals surface area contributed by atoms with Crippen LogP contribution in [-0.4, -0.2) is 22.2 Å². The van der Waals surface area contributed by atoms with Crippen molar-refractivity contribution in [2.45, 2.75) is 19.9 Å². The number of thiophene rings is 2. The number of rotatable bonds is 5. The van der Waals surface area contributed by atoms with Gasteiger partial charge in [-0.15, -0.1) is 0 Å². The molecule has 0 aliphatic carbocycles. The molecule has 0 aliphatic rings. The molecule has 0 bridgehead atoms. The lowest BCUT2D eigenvalue weighted by molar-refractivity contribution is 0.0949. The van der Waals surface area contributed by atoms with Gasteiger partial charge >= 0.3 is 0 Å². The van der Waals surface area contributed by atoms with Crippen LogP contribution >= 0.6 is 22.7 Å². The van der Waals surface area contributed by atoms with Crippen molar-refractivity contribution in [2.75, 3.05) is 6.54 Å². The molecule has 0 spiro atoms. The van der Waals surface area contributed by atoms with E-state index in [0.29, 0.717) is 12.1 Å². The highest BCUT2D eigenvalue weighted by atomic mass is 32.1. The first-order chi connectivity index (χ1) is 10.6. The van der Waals surface area contributed by atoms with Crippen LogP contribution in [0.4, 0.5) is 0 Å². The predicted molar refractivity (Wildman–Crippen MR) is 90.8 cm³/mol. The molecule has 0 saturated heterocycles. The fourth-order valence-electron chi connectivity index (χ4n) is 2.46. The van der Waals surface area contributed by atoms with E-state index in [0.717, 1.165) is 11.4 Å². The smallest absolute Gasteiger partial charge is 0.252 e. The van der Waals surface area contributed by atoms with E-state index in [1.165, 1.54) is 16.9 Å². The molecule has 1 amide bonds. The third-order valence-electron chi connectivity index (χ3n) is 3.51. The van der Waals surface area contributed by atoms with Crippen LogP contribution in [0.2, 0.25) is 0 Å². The van der Waals surface area contributed by atoms with Crippen LogP contribution in [0.15, 0.2) is 39.7 Å². The molecule has 0 radical (unpaired) electrons. The molecule has 0 aliphatic heterocycles. The number of hydrogen-bond donors (Lipinski definition) is 1. The zero-order valence-electron chi connectivity index (χ0n) is 12.4. The maximum atomic E-state index is 12.2. The van der Waals surface area contributed by atoms with Gasteiger partial charge in [0.25, 0.3) is 5.91 Å². The van der Waals surface area contributed by atoms with Crippen molar-refractivity contribution in [1.82, 2.24) is 15.1 Å². The van der Waals surface area contributed by atoms with Crippen molar-refractivity contribution in [1.29, 1.82) is 0 Å². The first-order valence-electron chi connectivity index (χ1n) is 7.00. The Bertz CT molecular complexity index is 745. The van der Waals surface area contributed by atoms with E-state index in [4.69, 9.17) is 0 Å². The SMILES string of the molecule is Cc1cc(C)n([C@H](CNC(=O)c2ccsc2)c2ccsc2)n1. The Morgan fingerprint density at radius 1 is 1.27 bits per heavy atom. The summed E-state index contributed by atoms with van der Waals surface area (Å²) in [6, 6.07) is 5.99. The van der Waals surface area contributed by atoms with Gasteiger partial charge in [0, 0.05) is 23.2 Å². The normalized spacial score (nSPS) is 12.3. The largest absolute Gasteiger partial charge is 0.350 e. The molecule has 0 fully saturated rings. The number of aromatic nitrogens is 2. The van der Waals surface area contributed by atoms with Crippen LogP contribution in [0, 0.1) is 13.8 Å². The van der Waals surface area contributed by atoms with Gasteiger partial charge in [-0.3, -0.25) is 9.48 Å². The third-order valence-corrected chi connectivity index (χ3v) is 4.89. The van der Waals surface area contributed by atoms with Crippen LogP contribution in [0.3, 0.4) is 0 Å². The van der Waals surface area contributed by atoms with Gasteiger partial charge < -0.3 is 5.32 Å². The van der Waals surface area contributed by atoms with Gasteiger partial charge in [-0.1, -0.05) is 0 Å². The number of nitrogens with one attached hydrogen (secondary N) is 1. The maximum absolute atomic E-state index is 12.2. The number of aryl methyl sites for hydroxylation is 2. The first kappa shape index (κ1) is 15.0. The van der Waals surface area contributed by atoms with Crippen LogP contribution < -0.4 is 5.32 Å². The summed E-state index contributed by atoms with van der Waals surface area (Å²) >= 11 is 3.18. The summed E-state index contributed by atoms with van der Waals surface area (Å²) in [5.41, 5.74) is 3.96. The zero-order chi connectivity index (χ0) is 15.5. The van der Waals surface area contributed by atoms with Gasteiger partial charge in [0.2, 0.25) is 0 Å². The van der Waals surface area contributed by atoms with Gasteiger partial charge in [-0.25, -0.2) is 0 Å². The van der Waals surface area contributed by atoms with Gasteiger partial charge in [0.1, 0.15) is 0 Å². The minimum absolute atomic E-state index is 0.0162. The molecule has 3 rings (SSSR count). The van der Waals surface area contributed by atoms with Gasteiger partial charge in [-0.2, -0.15) is 27.8 Å². The number of amides is 1. The van der Waals surface area contributed by atoms with E-state index < -0.39 is 0 Å². The van der Waals surface area contributed by atoms with Crippen molar-refractivity contribution in [3.8, 4) is 0 Å². The van der Waals surface area contributed by atoms with Crippen LogP contribution in [-0.2, 0) is 0 Å². The summed E-state index contributed by atoms with van der Waals surface area (Å²) in [7, 11) is 0. The number of nitrogens with zero attached hydrogens (tertiary/aromatic N) is 2. The molecule has 3 heterocycles. The Hall–Kier alpha value is -1.92. The van der Waals surface area contributed by atoms with Crippen molar-refractivity contribution >= 4 is 28.6 Å². The Balaban J connectivity index is 1.81. The molecule has 1 N–H and O–H groups in total. The average molecular weight is 331 g/mol. The minimum Gasteiger partial charge on any atom is -0.350 e. The number of hydrogen-bond acceptors (Lipinski definition) is 4.